The fourth-order valence-corrected chi connectivity index (χ4v) is 2.64. The fourth-order valence-electron chi connectivity index (χ4n) is 2.64. The summed E-state index contributed by atoms with van der Waals surface area (Å²) in [5.74, 6) is 1.02. The summed E-state index contributed by atoms with van der Waals surface area (Å²) in [7, 11) is 1.57. The van der Waals surface area contributed by atoms with Crippen LogP contribution in [0.1, 0.15) is 12.5 Å². The lowest BCUT2D eigenvalue weighted by atomic mass is 10.1. The Labute approximate surface area is 156 Å². The SMILES string of the molecule is COc1ccc(N=C2N=C(Nc3cccc(C)c3)N=C(C)C2[N+](=O)[O-])cc1. The molecule has 1 aliphatic rings. The summed E-state index contributed by atoms with van der Waals surface area (Å²) in [6.45, 7) is 3.57. The first-order valence-electron chi connectivity index (χ1n) is 8.30. The Kier molecular flexibility index (Phi) is 5.25. The van der Waals surface area contributed by atoms with Gasteiger partial charge in [0, 0.05) is 10.6 Å². The summed E-state index contributed by atoms with van der Waals surface area (Å²) < 4.78 is 5.12. The van der Waals surface area contributed by atoms with Gasteiger partial charge in [0.15, 0.2) is 0 Å². The number of nitro groups is 1. The van der Waals surface area contributed by atoms with E-state index in [0.29, 0.717) is 17.1 Å². The molecule has 2 aromatic rings. The highest BCUT2D eigenvalue weighted by Gasteiger charge is 2.34. The largest absolute Gasteiger partial charge is 0.497 e. The highest BCUT2D eigenvalue weighted by atomic mass is 16.6. The maximum Gasteiger partial charge on any atom is 0.309 e. The van der Waals surface area contributed by atoms with Crippen LogP contribution in [0.15, 0.2) is 63.5 Å². The van der Waals surface area contributed by atoms with Gasteiger partial charge in [-0.2, -0.15) is 4.99 Å². The fraction of sp³-hybridized carbons (Fsp3) is 0.211. The Morgan fingerprint density at radius 3 is 2.52 bits per heavy atom. The number of benzene rings is 2. The standard InChI is InChI=1S/C19H19N5O3/c1-12-5-4-6-15(11-12)22-19-20-13(2)17(24(25)26)18(23-19)21-14-7-9-16(27-3)10-8-14/h4-11,17H,1-3H3,(H,21,22,23). The summed E-state index contributed by atoms with van der Waals surface area (Å²) in [6.07, 6.45) is 0. The van der Waals surface area contributed by atoms with E-state index in [1.165, 1.54) is 0 Å². The number of methoxy groups -OCH3 is 1. The Bertz CT molecular complexity index is 948. The second-order valence-corrected chi connectivity index (χ2v) is 6.04. The van der Waals surface area contributed by atoms with Gasteiger partial charge in [0.2, 0.25) is 11.8 Å². The van der Waals surface area contributed by atoms with Gasteiger partial charge < -0.3 is 10.1 Å². The van der Waals surface area contributed by atoms with Crippen molar-refractivity contribution < 1.29 is 9.66 Å². The molecule has 8 nitrogen and oxygen atoms in total. The van der Waals surface area contributed by atoms with Crippen molar-refractivity contribution in [1.82, 2.24) is 0 Å². The number of nitrogens with zero attached hydrogens (tertiary/aromatic N) is 4. The van der Waals surface area contributed by atoms with Crippen LogP contribution in [0, 0.1) is 17.0 Å². The van der Waals surface area contributed by atoms with E-state index in [4.69, 9.17) is 4.74 Å². The molecule has 0 aliphatic carbocycles. The molecule has 1 atom stereocenters. The predicted molar refractivity (Wildman–Crippen MR) is 106 cm³/mol. The molecule has 1 aliphatic heterocycles. The quantitative estimate of drug-likeness (QED) is 0.660. The molecule has 0 aromatic heterocycles. The zero-order chi connectivity index (χ0) is 19.4. The van der Waals surface area contributed by atoms with E-state index in [-0.39, 0.29) is 11.8 Å². The van der Waals surface area contributed by atoms with E-state index in [2.05, 4.69) is 20.3 Å². The average molecular weight is 365 g/mol. The van der Waals surface area contributed by atoms with Crippen LogP contribution in [0.5, 0.6) is 5.75 Å². The third kappa shape index (κ3) is 4.35. The van der Waals surface area contributed by atoms with Gasteiger partial charge in [-0.15, -0.1) is 0 Å². The Balaban J connectivity index is 1.96. The number of anilines is 1. The molecule has 1 N–H and O–H groups in total. The first-order valence-corrected chi connectivity index (χ1v) is 8.30. The topological polar surface area (TPSA) is 101 Å². The van der Waals surface area contributed by atoms with Crippen molar-refractivity contribution in [2.75, 3.05) is 12.4 Å². The monoisotopic (exact) mass is 365 g/mol. The lowest BCUT2D eigenvalue weighted by Crippen LogP contribution is -2.40. The smallest absolute Gasteiger partial charge is 0.309 e. The molecule has 0 saturated heterocycles. The van der Waals surface area contributed by atoms with E-state index >= 15 is 0 Å². The molecule has 1 unspecified atom stereocenters. The van der Waals surface area contributed by atoms with E-state index in [1.807, 2.05) is 31.2 Å². The predicted octanol–water partition coefficient (Wildman–Crippen LogP) is 3.62. The zero-order valence-corrected chi connectivity index (χ0v) is 15.2. The lowest BCUT2D eigenvalue weighted by Gasteiger charge is -2.16. The van der Waals surface area contributed by atoms with Crippen LogP contribution in [-0.4, -0.2) is 35.6 Å². The molecule has 3 rings (SSSR count). The van der Waals surface area contributed by atoms with Gasteiger partial charge in [-0.25, -0.2) is 9.98 Å². The van der Waals surface area contributed by atoms with Crippen molar-refractivity contribution in [3.63, 3.8) is 0 Å². The lowest BCUT2D eigenvalue weighted by molar-refractivity contribution is -0.484. The number of nitrogens with one attached hydrogen (secondary N) is 1. The summed E-state index contributed by atoms with van der Waals surface area (Å²) >= 11 is 0. The number of hydrogen-bond donors (Lipinski definition) is 1. The number of amidine groups is 1. The van der Waals surface area contributed by atoms with E-state index in [1.54, 1.807) is 38.3 Å². The number of ether oxygens (including phenoxy) is 1. The summed E-state index contributed by atoms with van der Waals surface area (Å²) in [5, 5.41) is 14.6. The van der Waals surface area contributed by atoms with Crippen LogP contribution in [-0.2, 0) is 0 Å². The third-order valence-electron chi connectivity index (χ3n) is 3.94. The molecular formula is C19H19N5O3. The molecule has 2 aromatic carbocycles. The van der Waals surface area contributed by atoms with Crippen molar-refractivity contribution in [3.8, 4) is 5.75 Å². The minimum Gasteiger partial charge on any atom is -0.497 e. The number of hydrogen-bond acceptors (Lipinski definition) is 6. The molecule has 0 amide bonds. The molecule has 138 valence electrons. The van der Waals surface area contributed by atoms with Crippen LogP contribution in [0.4, 0.5) is 11.4 Å². The van der Waals surface area contributed by atoms with E-state index in [9.17, 15) is 10.1 Å². The number of aryl methyl sites for hydroxylation is 1. The van der Waals surface area contributed by atoms with E-state index in [0.717, 1.165) is 11.3 Å². The maximum atomic E-state index is 11.5. The van der Waals surface area contributed by atoms with Gasteiger partial charge in [-0.3, -0.25) is 10.1 Å². The average Bonchev–Trinajstić information content (AvgIpc) is 2.61. The number of aliphatic imine (C=N–C) groups is 3. The van der Waals surface area contributed by atoms with Crippen LogP contribution in [0.3, 0.4) is 0 Å². The molecule has 0 bridgehead atoms. The molecule has 0 spiro atoms. The third-order valence-corrected chi connectivity index (χ3v) is 3.94. The summed E-state index contributed by atoms with van der Waals surface area (Å²) in [5.41, 5.74) is 2.74. The van der Waals surface area contributed by atoms with E-state index < -0.39 is 11.0 Å². The van der Waals surface area contributed by atoms with Crippen molar-refractivity contribution in [2.24, 2.45) is 15.0 Å². The first-order chi connectivity index (χ1) is 13.0. The normalized spacial score (nSPS) is 17.9. The Hall–Kier alpha value is -3.55. The van der Waals surface area contributed by atoms with Gasteiger partial charge in [0.25, 0.3) is 0 Å². The Morgan fingerprint density at radius 1 is 1.15 bits per heavy atom. The Morgan fingerprint density at radius 2 is 1.89 bits per heavy atom. The van der Waals surface area contributed by atoms with Crippen LogP contribution in [0.2, 0.25) is 0 Å². The minimum atomic E-state index is -1.19. The molecule has 0 saturated carbocycles. The second-order valence-electron chi connectivity index (χ2n) is 6.04. The van der Waals surface area contributed by atoms with Gasteiger partial charge in [-0.1, -0.05) is 12.1 Å². The van der Waals surface area contributed by atoms with Gasteiger partial charge in [-0.05, 0) is 55.8 Å². The minimum absolute atomic E-state index is 0.0767. The number of guanidine groups is 1. The molecule has 0 radical (unpaired) electrons. The molecule has 8 heteroatoms. The highest BCUT2D eigenvalue weighted by Crippen LogP contribution is 2.20. The zero-order valence-electron chi connectivity index (χ0n) is 15.2. The summed E-state index contributed by atoms with van der Waals surface area (Å²) in [4.78, 5) is 24.0. The number of rotatable bonds is 4. The van der Waals surface area contributed by atoms with Crippen molar-refractivity contribution in [1.29, 1.82) is 0 Å². The highest BCUT2D eigenvalue weighted by molar-refractivity contribution is 6.21. The molecule has 0 fully saturated rings. The first kappa shape index (κ1) is 18.2. The molecule has 1 heterocycles. The maximum absolute atomic E-state index is 11.5. The van der Waals surface area contributed by atoms with Crippen molar-refractivity contribution in [2.45, 2.75) is 19.9 Å². The van der Waals surface area contributed by atoms with Crippen LogP contribution < -0.4 is 10.1 Å². The van der Waals surface area contributed by atoms with Gasteiger partial charge >= 0.3 is 6.04 Å². The van der Waals surface area contributed by atoms with Crippen molar-refractivity contribution in [3.05, 3.63) is 64.2 Å². The van der Waals surface area contributed by atoms with Crippen LogP contribution in [0.25, 0.3) is 0 Å². The van der Waals surface area contributed by atoms with Gasteiger partial charge in [0.1, 0.15) is 11.5 Å². The second kappa shape index (κ2) is 7.77. The molecular weight excluding hydrogens is 346 g/mol. The van der Waals surface area contributed by atoms with Crippen molar-refractivity contribution >= 4 is 28.9 Å². The van der Waals surface area contributed by atoms with Crippen LogP contribution >= 0.6 is 0 Å². The summed E-state index contributed by atoms with van der Waals surface area (Å²) in [6, 6.07) is 13.4. The molecule has 27 heavy (non-hydrogen) atoms. The van der Waals surface area contributed by atoms with Gasteiger partial charge in [0.05, 0.1) is 12.8 Å².